The number of benzene rings is 1. The van der Waals surface area contributed by atoms with E-state index in [0.717, 1.165) is 18.5 Å². The number of rotatable bonds is 4. The third-order valence-corrected chi connectivity index (χ3v) is 3.69. The molecule has 2 rings (SSSR count). The molecule has 0 aliphatic carbocycles. The van der Waals surface area contributed by atoms with Gasteiger partial charge in [-0.2, -0.15) is 0 Å². The molecule has 8 heteroatoms. The molecule has 2 aromatic rings. The number of aromatic nitrogens is 1. The van der Waals surface area contributed by atoms with E-state index in [-0.39, 0.29) is 28.7 Å². The smallest absolute Gasteiger partial charge is 0.375 e. The average molecular weight is 313 g/mol. The fraction of sp³-hybridized carbons (Fsp3) is 0.231. The molecule has 112 valence electrons. The van der Waals surface area contributed by atoms with Gasteiger partial charge in [0.05, 0.1) is 23.3 Å². The van der Waals surface area contributed by atoms with E-state index in [4.69, 9.17) is 9.15 Å². The predicted octanol–water partition coefficient (Wildman–Crippen LogP) is 2.06. The van der Waals surface area contributed by atoms with Gasteiger partial charge < -0.3 is 9.15 Å². The Bertz CT molecular complexity index is 782. The molecule has 0 aliphatic heterocycles. The highest BCUT2D eigenvalue weighted by Gasteiger charge is 2.18. The van der Waals surface area contributed by atoms with E-state index in [1.54, 1.807) is 6.92 Å². The Balaban J connectivity index is 2.37. The van der Waals surface area contributed by atoms with Crippen LogP contribution in [0.3, 0.4) is 0 Å². The first-order valence-electron chi connectivity index (χ1n) is 5.96. The molecule has 0 amide bonds. The van der Waals surface area contributed by atoms with Crippen molar-refractivity contribution in [3.8, 4) is 11.5 Å². The molecule has 1 aromatic carbocycles. The lowest BCUT2D eigenvalue weighted by molar-refractivity contribution is 0.0491. The number of carbonyl (C=O) groups excluding carboxylic acids is 1. The standard InChI is InChI=1S/C13H12FNO5S/c1-3-19-13(16)11-7-15-12(20-11)9-5-4-8(6-10(9)14)21(2,17)18/h4-7H,3H2,1-2H3. The lowest BCUT2D eigenvalue weighted by Crippen LogP contribution is -2.02. The molecule has 0 aliphatic rings. The van der Waals surface area contributed by atoms with Crippen LogP contribution in [0.2, 0.25) is 0 Å². The Kier molecular flexibility index (Phi) is 4.08. The predicted molar refractivity (Wildman–Crippen MR) is 71.0 cm³/mol. The summed E-state index contributed by atoms with van der Waals surface area (Å²) in [7, 11) is -3.50. The van der Waals surface area contributed by atoms with Crippen molar-refractivity contribution in [3.05, 3.63) is 36.0 Å². The van der Waals surface area contributed by atoms with Gasteiger partial charge in [0.15, 0.2) is 9.84 Å². The van der Waals surface area contributed by atoms with Gasteiger partial charge in [-0.25, -0.2) is 22.6 Å². The third kappa shape index (κ3) is 3.27. The van der Waals surface area contributed by atoms with Gasteiger partial charge in [0.2, 0.25) is 11.7 Å². The van der Waals surface area contributed by atoms with Gasteiger partial charge in [0.25, 0.3) is 0 Å². The summed E-state index contributed by atoms with van der Waals surface area (Å²) in [5, 5.41) is 0. The molecule has 1 heterocycles. The number of hydrogen-bond acceptors (Lipinski definition) is 6. The minimum absolute atomic E-state index is 0.0436. The zero-order valence-electron chi connectivity index (χ0n) is 11.3. The second kappa shape index (κ2) is 5.65. The number of nitrogens with zero attached hydrogens (tertiary/aromatic N) is 1. The Labute approximate surface area is 120 Å². The van der Waals surface area contributed by atoms with Crippen LogP contribution < -0.4 is 0 Å². The van der Waals surface area contributed by atoms with Crippen molar-refractivity contribution in [2.75, 3.05) is 12.9 Å². The van der Waals surface area contributed by atoms with Gasteiger partial charge in [-0.3, -0.25) is 0 Å². The molecule has 0 saturated carbocycles. The van der Waals surface area contributed by atoms with Crippen LogP contribution in [0.5, 0.6) is 0 Å². The summed E-state index contributed by atoms with van der Waals surface area (Å²) in [4.78, 5) is 15.1. The van der Waals surface area contributed by atoms with E-state index in [1.165, 1.54) is 12.1 Å². The van der Waals surface area contributed by atoms with Gasteiger partial charge in [-0.1, -0.05) is 0 Å². The molecule has 0 radical (unpaired) electrons. The first kappa shape index (κ1) is 15.2. The maximum absolute atomic E-state index is 13.9. The number of sulfone groups is 1. The van der Waals surface area contributed by atoms with Crippen LogP contribution >= 0.6 is 0 Å². The van der Waals surface area contributed by atoms with Crippen molar-refractivity contribution in [2.45, 2.75) is 11.8 Å². The quantitative estimate of drug-likeness (QED) is 0.803. The first-order valence-corrected chi connectivity index (χ1v) is 7.85. The van der Waals surface area contributed by atoms with E-state index < -0.39 is 21.6 Å². The van der Waals surface area contributed by atoms with Gasteiger partial charge >= 0.3 is 5.97 Å². The van der Waals surface area contributed by atoms with Crippen molar-refractivity contribution < 1.29 is 26.8 Å². The van der Waals surface area contributed by atoms with Gasteiger partial charge in [-0.05, 0) is 25.1 Å². The summed E-state index contributed by atoms with van der Waals surface area (Å²) in [6.07, 6.45) is 2.10. The number of esters is 1. The number of oxazole rings is 1. The van der Waals surface area contributed by atoms with Gasteiger partial charge in [0.1, 0.15) is 5.82 Å². The molecular formula is C13H12FNO5S. The highest BCUT2D eigenvalue weighted by Crippen LogP contribution is 2.25. The Morgan fingerprint density at radius 3 is 2.71 bits per heavy atom. The molecule has 0 atom stereocenters. The summed E-state index contributed by atoms with van der Waals surface area (Å²) in [5.41, 5.74) is -0.0436. The lowest BCUT2D eigenvalue weighted by Gasteiger charge is -2.02. The van der Waals surface area contributed by atoms with Gasteiger partial charge in [-0.15, -0.1) is 0 Å². The molecule has 0 fully saturated rings. The minimum atomic E-state index is -3.50. The molecule has 0 N–H and O–H groups in total. The molecular weight excluding hydrogens is 301 g/mol. The highest BCUT2D eigenvalue weighted by atomic mass is 32.2. The fourth-order valence-corrected chi connectivity index (χ4v) is 2.23. The van der Waals surface area contributed by atoms with Crippen LogP contribution in [0, 0.1) is 5.82 Å². The molecule has 0 saturated heterocycles. The van der Waals surface area contributed by atoms with E-state index in [0.29, 0.717) is 0 Å². The van der Waals surface area contributed by atoms with Crippen molar-refractivity contribution in [1.29, 1.82) is 0 Å². The Morgan fingerprint density at radius 1 is 1.43 bits per heavy atom. The van der Waals surface area contributed by atoms with Crippen molar-refractivity contribution in [1.82, 2.24) is 4.98 Å². The molecule has 1 aromatic heterocycles. The van der Waals surface area contributed by atoms with Crippen molar-refractivity contribution in [3.63, 3.8) is 0 Å². The van der Waals surface area contributed by atoms with E-state index in [2.05, 4.69) is 4.98 Å². The summed E-state index contributed by atoms with van der Waals surface area (Å²) in [6, 6.07) is 3.34. The zero-order valence-corrected chi connectivity index (χ0v) is 12.1. The second-order valence-electron chi connectivity index (χ2n) is 4.16. The van der Waals surface area contributed by atoms with Crippen LogP contribution in [0.1, 0.15) is 17.5 Å². The topological polar surface area (TPSA) is 86.5 Å². The number of halogens is 1. The minimum Gasteiger partial charge on any atom is -0.460 e. The Hall–Kier alpha value is -2.22. The molecule has 0 spiro atoms. The summed E-state index contributed by atoms with van der Waals surface area (Å²) < 4.78 is 46.4. The highest BCUT2D eigenvalue weighted by molar-refractivity contribution is 7.90. The third-order valence-electron chi connectivity index (χ3n) is 2.58. The monoisotopic (exact) mass is 313 g/mol. The fourth-order valence-electron chi connectivity index (χ4n) is 1.60. The van der Waals surface area contributed by atoms with Crippen LogP contribution in [0.25, 0.3) is 11.5 Å². The number of carbonyl (C=O) groups is 1. The van der Waals surface area contributed by atoms with Crippen LogP contribution in [-0.4, -0.2) is 32.2 Å². The van der Waals surface area contributed by atoms with Crippen LogP contribution in [0.4, 0.5) is 4.39 Å². The molecule has 0 bridgehead atoms. The SMILES string of the molecule is CCOC(=O)c1cnc(-c2ccc(S(C)(=O)=O)cc2F)o1. The molecule has 0 unspecified atom stereocenters. The normalized spacial score (nSPS) is 11.4. The van der Waals surface area contributed by atoms with E-state index in [9.17, 15) is 17.6 Å². The van der Waals surface area contributed by atoms with E-state index in [1.807, 2.05) is 0 Å². The second-order valence-corrected chi connectivity index (χ2v) is 6.18. The summed E-state index contributed by atoms with van der Waals surface area (Å²) in [6.45, 7) is 1.81. The molecule has 6 nitrogen and oxygen atoms in total. The zero-order chi connectivity index (χ0) is 15.6. The van der Waals surface area contributed by atoms with Crippen molar-refractivity contribution in [2.24, 2.45) is 0 Å². The maximum atomic E-state index is 13.9. The largest absolute Gasteiger partial charge is 0.460 e. The summed E-state index contributed by atoms with van der Waals surface area (Å²) >= 11 is 0. The first-order chi connectivity index (χ1) is 9.82. The lowest BCUT2D eigenvalue weighted by atomic mass is 10.2. The summed E-state index contributed by atoms with van der Waals surface area (Å²) in [5.74, 6) is -1.80. The number of hydrogen-bond donors (Lipinski definition) is 0. The average Bonchev–Trinajstić information content (AvgIpc) is 2.87. The maximum Gasteiger partial charge on any atom is 0.375 e. The van der Waals surface area contributed by atoms with Crippen LogP contribution in [0.15, 0.2) is 33.7 Å². The number of ether oxygens (including phenoxy) is 1. The van der Waals surface area contributed by atoms with Crippen LogP contribution in [-0.2, 0) is 14.6 Å². The van der Waals surface area contributed by atoms with Gasteiger partial charge in [0, 0.05) is 6.26 Å². The Morgan fingerprint density at radius 2 is 2.14 bits per heavy atom. The molecule has 21 heavy (non-hydrogen) atoms. The van der Waals surface area contributed by atoms with E-state index >= 15 is 0 Å². The van der Waals surface area contributed by atoms with Crippen molar-refractivity contribution >= 4 is 15.8 Å².